The number of carbonyl (C=O) groups excluding carboxylic acids is 1. The second-order valence-corrected chi connectivity index (χ2v) is 7.16. The predicted molar refractivity (Wildman–Crippen MR) is 107 cm³/mol. The van der Waals surface area contributed by atoms with Crippen molar-refractivity contribution in [3.05, 3.63) is 81.6 Å². The molecule has 0 radical (unpaired) electrons. The summed E-state index contributed by atoms with van der Waals surface area (Å²) in [6.07, 6.45) is 3.71. The smallest absolute Gasteiger partial charge is 0.319 e. The standard InChI is InChI=1S/C20H21BrN4O/c1-14-10-18(21)11-15(2)19(14)24-20(26)22-12-16-4-6-17(7-5-16)13-25-9-3-8-23-25/h3-11H,12-13H2,1-2H3,(H2,22,24,26). The Morgan fingerprint density at radius 1 is 1.12 bits per heavy atom. The van der Waals surface area contributed by atoms with Gasteiger partial charge in [0.15, 0.2) is 0 Å². The van der Waals surface area contributed by atoms with Crippen LogP contribution in [0.1, 0.15) is 22.3 Å². The molecule has 0 aliphatic rings. The van der Waals surface area contributed by atoms with Crippen LogP contribution in [0, 0.1) is 13.8 Å². The van der Waals surface area contributed by atoms with Crippen LogP contribution >= 0.6 is 15.9 Å². The minimum Gasteiger partial charge on any atom is -0.334 e. The van der Waals surface area contributed by atoms with Crippen molar-refractivity contribution in [2.24, 2.45) is 0 Å². The maximum Gasteiger partial charge on any atom is 0.319 e. The topological polar surface area (TPSA) is 59.0 Å². The molecule has 134 valence electrons. The van der Waals surface area contributed by atoms with Crippen LogP contribution < -0.4 is 10.6 Å². The Morgan fingerprint density at radius 2 is 1.77 bits per heavy atom. The normalized spacial score (nSPS) is 10.6. The average molecular weight is 413 g/mol. The number of aryl methyl sites for hydroxylation is 2. The van der Waals surface area contributed by atoms with Crippen molar-refractivity contribution < 1.29 is 4.79 Å². The first-order valence-electron chi connectivity index (χ1n) is 8.38. The SMILES string of the molecule is Cc1cc(Br)cc(C)c1NC(=O)NCc1ccc(Cn2cccn2)cc1. The third kappa shape index (κ3) is 4.73. The van der Waals surface area contributed by atoms with Crippen molar-refractivity contribution in [1.82, 2.24) is 15.1 Å². The van der Waals surface area contributed by atoms with Gasteiger partial charge in [0.2, 0.25) is 0 Å². The lowest BCUT2D eigenvalue weighted by Gasteiger charge is -2.13. The zero-order valence-electron chi connectivity index (χ0n) is 14.8. The second-order valence-electron chi connectivity index (χ2n) is 6.24. The highest BCUT2D eigenvalue weighted by Crippen LogP contribution is 2.24. The minimum atomic E-state index is -0.209. The molecule has 3 rings (SSSR count). The molecular weight excluding hydrogens is 392 g/mol. The Bertz CT molecular complexity index is 866. The van der Waals surface area contributed by atoms with Gasteiger partial charge in [0, 0.05) is 29.1 Å². The molecule has 0 aliphatic heterocycles. The molecule has 3 aromatic rings. The van der Waals surface area contributed by atoms with E-state index in [1.165, 1.54) is 5.56 Å². The summed E-state index contributed by atoms with van der Waals surface area (Å²) in [5, 5.41) is 10.0. The van der Waals surface area contributed by atoms with E-state index in [0.29, 0.717) is 6.54 Å². The van der Waals surface area contributed by atoms with E-state index in [-0.39, 0.29) is 6.03 Å². The maximum atomic E-state index is 12.2. The maximum absolute atomic E-state index is 12.2. The van der Waals surface area contributed by atoms with Gasteiger partial charge in [-0.15, -0.1) is 0 Å². The monoisotopic (exact) mass is 412 g/mol. The lowest BCUT2D eigenvalue weighted by molar-refractivity contribution is 0.251. The molecule has 0 atom stereocenters. The van der Waals surface area contributed by atoms with E-state index in [1.54, 1.807) is 6.20 Å². The second kappa shape index (κ2) is 8.19. The zero-order valence-corrected chi connectivity index (χ0v) is 16.4. The van der Waals surface area contributed by atoms with Gasteiger partial charge >= 0.3 is 6.03 Å². The van der Waals surface area contributed by atoms with Crippen molar-refractivity contribution in [3.63, 3.8) is 0 Å². The van der Waals surface area contributed by atoms with Crippen LogP contribution in [0.15, 0.2) is 59.3 Å². The molecule has 5 nitrogen and oxygen atoms in total. The first-order valence-corrected chi connectivity index (χ1v) is 9.17. The fourth-order valence-corrected chi connectivity index (χ4v) is 3.48. The Labute approximate surface area is 161 Å². The van der Waals surface area contributed by atoms with E-state index in [1.807, 2.05) is 55.1 Å². The molecule has 2 N–H and O–H groups in total. The zero-order chi connectivity index (χ0) is 18.5. The highest BCUT2D eigenvalue weighted by Gasteiger charge is 2.08. The van der Waals surface area contributed by atoms with E-state index >= 15 is 0 Å². The molecule has 1 aromatic heterocycles. The molecule has 2 aromatic carbocycles. The number of hydrogen-bond donors (Lipinski definition) is 2. The highest BCUT2D eigenvalue weighted by molar-refractivity contribution is 9.10. The molecule has 0 unspecified atom stereocenters. The van der Waals surface area contributed by atoms with E-state index in [0.717, 1.165) is 33.4 Å². The Hall–Kier alpha value is -2.60. The minimum absolute atomic E-state index is 0.209. The average Bonchev–Trinajstić information content (AvgIpc) is 3.10. The lowest BCUT2D eigenvalue weighted by Crippen LogP contribution is -2.28. The molecule has 0 spiro atoms. The number of nitrogens with one attached hydrogen (secondary N) is 2. The van der Waals surface area contributed by atoms with Gasteiger partial charge in [-0.1, -0.05) is 40.2 Å². The van der Waals surface area contributed by atoms with E-state index in [2.05, 4.69) is 43.8 Å². The highest BCUT2D eigenvalue weighted by atomic mass is 79.9. The largest absolute Gasteiger partial charge is 0.334 e. The molecule has 0 fully saturated rings. The van der Waals surface area contributed by atoms with Gasteiger partial charge in [-0.3, -0.25) is 4.68 Å². The van der Waals surface area contributed by atoms with Gasteiger partial charge < -0.3 is 10.6 Å². The van der Waals surface area contributed by atoms with Gasteiger partial charge in [0.25, 0.3) is 0 Å². The summed E-state index contributed by atoms with van der Waals surface area (Å²) < 4.78 is 2.89. The number of rotatable bonds is 5. The van der Waals surface area contributed by atoms with Crippen molar-refractivity contribution in [3.8, 4) is 0 Å². The molecule has 0 aliphatic carbocycles. The number of aromatic nitrogens is 2. The number of nitrogens with zero attached hydrogens (tertiary/aromatic N) is 2. The number of amides is 2. The summed E-state index contributed by atoms with van der Waals surface area (Å²) in [4.78, 5) is 12.2. The van der Waals surface area contributed by atoms with E-state index in [9.17, 15) is 4.79 Å². The molecule has 2 amide bonds. The summed E-state index contributed by atoms with van der Waals surface area (Å²) >= 11 is 3.47. The van der Waals surface area contributed by atoms with E-state index < -0.39 is 0 Å². The number of hydrogen-bond acceptors (Lipinski definition) is 2. The summed E-state index contributed by atoms with van der Waals surface area (Å²) in [7, 11) is 0. The van der Waals surface area contributed by atoms with Crippen molar-refractivity contribution >= 4 is 27.6 Å². The third-order valence-corrected chi connectivity index (χ3v) is 4.57. The summed E-state index contributed by atoms with van der Waals surface area (Å²) in [6.45, 7) is 5.17. The number of urea groups is 1. The van der Waals surface area contributed by atoms with Crippen LogP contribution in [0.4, 0.5) is 10.5 Å². The van der Waals surface area contributed by atoms with Gasteiger partial charge in [0.05, 0.1) is 6.54 Å². The molecule has 26 heavy (non-hydrogen) atoms. The van der Waals surface area contributed by atoms with Crippen LogP contribution in [0.3, 0.4) is 0 Å². The molecule has 0 saturated carbocycles. The van der Waals surface area contributed by atoms with Crippen LogP contribution in [0.25, 0.3) is 0 Å². The molecule has 0 bridgehead atoms. The summed E-state index contributed by atoms with van der Waals surface area (Å²) in [5.41, 5.74) is 5.11. The fourth-order valence-electron chi connectivity index (χ4n) is 2.79. The van der Waals surface area contributed by atoms with E-state index in [4.69, 9.17) is 0 Å². The van der Waals surface area contributed by atoms with Gasteiger partial charge in [-0.05, 0) is 54.3 Å². The van der Waals surface area contributed by atoms with Crippen LogP contribution in [-0.4, -0.2) is 15.8 Å². The Balaban J connectivity index is 1.54. The van der Waals surface area contributed by atoms with Crippen LogP contribution in [0.5, 0.6) is 0 Å². The lowest BCUT2D eigenvalue weighted by atomic mass is 10.1. The van der Waals surface area contributed by atoms with Crippen molar-refractivity contribution in [2.75, 3.05) is 5.32 Å². The first kappa shape index (κ1) is 18.2. The summed E-state index contributed by atoms with van der Waals surface area (Å²) in [6, 6.07) is 13.8. The molecular formula is C20H21BrN4O. The molecule has 6 heteroatoms. The number of carbonyl (C=O) groups is 1. The quantitative estimate of drug-likeness (QED) is 0.641. The number of halogens is 1. The third-order valence-electron chi connectivity index (χ3n) is 4.12. The Morgan fingerprint density at radius 3 is 2.38 bits per heavy atom. The fraction of sp³-hybridized carbons (Fsp3) is 0.200. The molecule has 1 heterocycles. The van der Waals surface area contributed by atoms with Crippen LogP contribution in [-0.2, 0) is 13.1 Å². The summed E-state index contributed by atoms with van der Waals surface area (Å²) in [5.74, 6) is 0. The van der Waals surface area contributed by atoms with Gasteiger partial charge in [-0.2, -0.15) is 5.10 Å². The number of anilines is 1. The van der Waals surface area contributed by atoms with Crippen molar-refractivity contribution in [1.29, 1.82) is 0 Å². The van der Waals surface area contributed by atoms with Gasteiger partial charge in [-0.25, -0.2) is 4.79 Å². The number of benzene rings is 2. The van der Waals surface area contributed by atoms with Crippen LogP contribution in [0.2, 0.25) is 0 Å². The van der Waals surface area contributed by atoms with Crippen molar-refractivity contribution in [2.45, 2.75) is 26.9 Å². The van der Waals surface area contributed by atoms with Gasteiger partial charge in [0.1, 0.15) is 0 Å². The predicted octanol–water partition coefficient (Wildman–Crippen LogP) is 4.63. The molecule has 0 saturated heterocycles. The Kier molecular flexibility index (Phi) is 5.73. The first-order chi connectivity index (χ1) is 12.5.